The molecule has 0 amide bonds. The van der Waals surface area contributed by atoms with Crippen molar-refractivity contribution >= 4 is 24.2 Å². The summed E-state index contributed by atoms with van der Waals surface area (Å²) in [5, 5.41) is 0.105. The predicted molar refractivity (Wildman–Crippen MR) is 50.8 cm³/mol. The summed E-state index contributed by atoms with van der Waals surface area (Å²) in [5.74, 6) is 0.615. The zero-order valence-electron chi connectivity index (χ0n) is 6.26. The van der Waals surface area contributed by atoms with Gasteiger partial charge >= 0.3 is 0 Å². The van der Waals surface area contributed by atoms with E-state index in [1.54, 1.807) is 6.07 Å². The lowest BCUT2D eigenvalue weighted by atomic mass is 10.3. The van der Waals surface area contributed by atoms with E-state index in [4.69, 9.17) is 16.3 Å². The summed E-state index contributed by atoms with van der Waals surface area (Å²) in [4.78, 5) is 0. The lowest BCUT2D eigenvalue weighted by molar-refractivity contribution is 0.342. The van der Waals surface area contributed by atoms with Crippen molar-refractivity contribution in [3.63, 3.8) is 0 Å². The zero-order valence-corrected chi connectivity index (χ0v) is 7.91. The van der Waals surface area contributed by atoms with Gasteiger partial charge < -0.3 is 4.74 Å². The zero-order chi connectivity index (χ0) is 8.97. The van der Waals surface area contributed by atoms with Gasteiger partial charge in [0.1, 0.15) is 11.6 Å². The summed E-state index contributed by atoms with van der Waals surface area (Å²) >= 11 is 9.42. The standard InChI is InChI=1S/C8H8ClFOS/c9-7-2-1-6(5-8(7)10)11-3-4-12/h1-2,5,12H,3-4H2. The lowest BCUT2D eigenvalue weighted by Gasteiger charge is -2.03. The number of ether oxygens (including phenoxy) is 1. The van der Waals surface area contributed by atoms with E-state index in [0.717, 1.165) is 0 Å². The highest BCUT2D eigenvalue weighted by Crippen LogP contribution is 2.20. The minimum atomic E-state index is -0.465. The van der Waals surface area contributed by atoms with Crippen molar-refractivity contribution < 1.29 is 9.13 Å². The summed E-state index contributed by atoms with van der Waals surface area (Å²) in [6.07, 6.45) is 0. The fraction of sp³-hybridized carbons (Fsp3) is 0.250. The Balaban J connectivity index is 2.69. The summed E-state index contributed by atoms with van der Waals surface area (Å²) in [5.41, 5.74) is 0. The monoisotopic (exact) mass is 206 g/mol. The normalized spacial score (nSPS) is 9.92. The van der Waals surface area contributed by atoms with Crippen molar-refractivity contribution in [1.29, 1.82) is 0 Å². The molecule has 0 aliphatic heterocycles. The Morgan fingerprint density at radius 2 is 2.25 bits per heavy atom. The maximum absolute atomic E-state index is 12.8. The molecule has 0 saturated heterocycles. The molecule has 1 rings (SSSR count). The number of hydrogen-bond acceptors (Lipinski definition) is 2. The van der Waals surface area contributed by atoms with Crippen molar-refractivity contribution in [2.24, 2.45) is 0 Å². The molecule has 1 aromatic carbocycles. The molecule has 0 aliphatic carbocycles. The molecule has 0 heterocycles. The van der Waals surface area contributed by atoms with Crippen LogP contribution in [0, 0.1) is 5.82 Å². The van der Waals surface area contributed by atoms with Crippen LogP contribution in [0.5, 0.6) is 5.75 Å². The third-order valence-electron chi connectivity index (χ3n) is 1.25. The van der Waals surface area contributed by atoms with Crippen LogP contribution in [0.15, 0.2) is 18.2 Å². The van der Waals surface area contributed by atoms with Crippen molar-refractivity contribution in [2.45, 2.75) is 0 Å². The Kier molecular flexibility index (Phi) is 3.69. The van der Waals surface area contributed by atoms with Crippen molar-refractivity contribution in [3.05, 3.63) is 29.0 Å². The SMILES string of the molecule is Fc1cc(OCCS)ccc1Cl. The lowest BCUT2D eigenvalue weighted by Crippen LogP contribution is -1.98. The average Bonchev–Trinajstić information content (AvgIpc) is 2.07. The van der Waals surface area contributed by atoms with Gasteiger partial charge in [-0.25, -0.2) is 4.39 Å². The molecule has 12 heavy (non-hydrogen) atoms. The van der Waals surface area contributed by atoms with Crippen LogP contribution in [0.25, 0.3) is 0 Å². The van der Waals surface area contributed by atoms with Crippen LogP contribution in [-0.4, -0.2) is 12.4 Å². The number of hydrogen-bond donors (Lipinski definition) is 1. The third kappa shape index (κ3) is 2.57. The predicted octanol–water partition coefficient (Wildman–Crippen LogP) is 2.79. The fourth-order valence-corrected chi connectivity index (χ4v) is 0.939. The first-order valence-corrected chi connectivity index (χ1v) is 4.44. The topological polar surface area (TPSA) is 9.23 Å². The molecule has 0 fully saturated rings. The molecule has 4 heteroatoms. The minimum absolute atomic E-state index is 0.105. The number of thiol groups is 1. The Hall–Kier alpha value is -0.410. The first-order valence-electron chi connectivity index (χ1n) is 3.43. The van der Waals surface area contributed by atoms with Crippen LogP contribution in [0.3, 0.4) is 0 Å². The van der Waals surface area contributed by atoms with E-state index in [1.807, 2.05) is 0 Å². The van der Waals surface area contributed by atoms with Crippen molar-refractivity contribution in [2.75, 3.05) is 12.4 Å². The second-order valence-corrected chi connectivity index (χ2v) is 3.00. The quantitative estimate of drug-likeness (QED) is 0.749. The van der Waals surface area contributed by atoms with E-state index in [9.17, 15) is 4.39 Å². The van der Waals surface area contributed by atoms with E-state index in [0.29, 0.717) is 18.1 Å². The van der Waals surface area contributed by atoms with E-state index in [-0.39, 0.29) is 5.02 Å². The summed E-state index contributed by atoms with van der Waals surface area (Å²) in [6, 6.07) is 4.34. The Bertz CT molecular complexity index is 267. The smallest absolute Gasteiger partial charge is 0.145 e. The van der Waals surface area contributed by atoms with Gasteiger partial charge in [-0.05, 0) is 12.1 Å². The largest absolute Gasteiger partial charge is 0.493 e. The van der Waals surface area contributed by atoms with Gasteiger partial charge in [-0.15, -0.1) is 0 Å². The van der Waals surface area contributed by atoms with Gasteiger partial charge in [0, 0.05) is 11.8 Å². The molecule has 0 atom stereocenters. The van der Waals surface area contributed by atoms with E-state index in [1.165, 1.54) is 12.1 Å². The Morgan fingerprint density at radius 3 is 2.83 bits per heavy atom. The van der Waals surface area contributed by atoms with Gasteiger partial charge in [-0.3, -0.25) is 0 Å². The molecule has 0 radical (unpaired) electrons. The van der Waals surface area contributed by atoms with Gasteiger partial charge in [-0.1, -0.05) is 11.6 Å². The fourth-order valence-electron chi connectivity index (χ4n) is 0.730. The van der Waals surface area contributed by atoms with E-state index in [2.05, 4.69) is 12.6 Å². The van der Waals surface area contributed by atoms with Gasteiger partial charge in [0.15, 0.2) is 0 Å². The van der Waals surface area contributed by atoms with Crippen LogP contribution >= 0.6 is 24.2 Å². The number of rotatable bonds is 3. The summed E-state index contributed by atoms with van der Waals surface area (Å²) in [7, 11) is 0. The molecular formula is C8H8ClFOS. The van der Waals surface area contributed by atoms with Crippen LogP contribution in [0.4, 0.5) is 4.39 Å². The maximum Gasteiger partial charge on any atom is 0.145 e. The van der Waals surface area contributed by atoms with Crippen LogP contribution < -0.4 is 4.74 Å². The van der Waals surface area contributed by atoms with Crippen LogP contribution in [-0.2, 0) is 0 Å². The molecule has 1 aromatic rings. The first kappa shape index (κ1) is 9.68. The highest BCUT2D eigenvalue weighted by atomic mass is 35.5. The van der Waals surface area contributed by atoms with E-state index < -0.39 is 5.82 Å². The van der Waals surface area contributed by atoms with Crippen molar-refractivity contribution in [1.82, 2.24) is 0 Å². The highest BCUT2D eigenvalue weighted by Gasteiger charge is 2.00. The molecule has 0 spiro atoms. The van der Waals surface area contributed by atoms with Gasteiger partial charge in [0.25, 0.3) is 0 Å². The van der Waals surface area contributed by atoms with Gasteiger partial charge in [-0.2, -0.15) is 12.6 Å². The second kappa shape index (κ2) is 4.58. The molecule has 0 bridgehead atoms. The van der Waals surface area contributed by atoms with Crippen molar-refractivity contribution in [3.8, 4) is 5.75 Å². The Morgan fingerprint density at radius 1 is 1.50 bits per heavy atom. The minimum Gasteiger partial charge on any atom is -0.493 e. The molecule has 0 aromatic heterocycles. The molecule has 66 valence electrons. The molecule has 0 aliphatic rings. The third-order valence-corrected chi connectivity index (χ3v) is 1.74. The van der Waals surface area contributed by atoms with Gasteiger partial charge in [0.2, 0.25) is 0 Å². The second-order valence-electron chi connectivity index (χ2n) is 2.15. The van der Waals surface area contributed by atoms with Gasteiger partial charge in [0.05, 0.1) is 11.6 Å². The first-order chi connectivity index (χ1) is 5.74. The molecule has 1 nitrogen and oxygen atoms in total. The van der Waals surface area contributed by atoms with E-state index >= 15 is 0 Å². The maximum atomic E-state index is 12.8. The van der Waals surface area contributed by atoms with Crippen LogP contribution in [0.1, 0.15) is 0 Å². The summed E-state index contributed by atoms with van der Waals surface area (Å²) < 4.78 is 17.9. The average molecular weight is 207 g/mol. The molecule has 0 unspecified atom stereocenters. The molecule has 0 N–H and O–H groups in total. The number of halogens is 2. The molecular weight excluding hydrogens is 199 g/mol. The highest BCUT2D eigenvalue weighted by molar-refractivity contribution is 7.80. The summed E-state index contributed by atoms with van der Waals surface area (Å²) in [6.45, 7) is 0.462. The number of benzene rings is 1. The molecule has 0 saturated carbocycles. The van der Waals surface area contributed by atoms with Crippen LogP contribution in [0.2, 0.25) is 5.02 Å². The Labute approximate surface area is 80.9 Å².